The van der Waals surface area contributed by atoms with E-state index < -0.39 is 10.1 Å². The smallest absolute Gasteiger partial charge is 0.262 e. The molecular formula is C17H20O3S. The van der Waals surface area contributed by atoms with E-state index in [4.69, 9.17) is 4.18 Å². The molecule has 112 valence electrons. The van der Waals surface area contributed by atoms with Gasteiger partial charge in [-0.25, -0.2) is 0 Å². The molecule has 0 atom stereocenters. The quantitative estimate of drug-likeness (QED) is 0.806. The van der Waals surface area contributed by atoms with Crippen LogP contribution in [0.25, 0.3) is 0 Å². The summed E-state index contributed by atoms with van der Waals surface area (Å²) in [6.45, 7) is 8.05. The van der Waals surface area contributed by atoms with E-state index in [1.165, 1.54) is 5.56 Å². The number of benzene rings is 2. The zero-order chi connectivity index (χ0) is 15.6. The van der Waals surface area contributed by atoms with Gasteiger partial charge in [0.15, 0.2) is 0 Å². The Kier molecular flexibility index (Phi) is 4.49. The van der Waals surface area contributed by atoms with E-state index in [9.17, 15) is 8.42 Å². The molecule has 0 radical (unpaired) electrons. The van der Waals surface area contributed by atoms with E-state index in [-0.39, 0.29) is 11.5 Å². The first-order valence-electron chi connectivity index (χ1n) is 6.82. The fourth-order valence-electron chi connectivity index (χ4n) is 2.13. The highest BCUT2D eigenvalue weighted by Crippen LogP contribution is 2.19. The third kappa shape index (κ3) is 3.71. The van der Waals surface area contributed by atoms with Crippen molar-refractivity contribution >= 4 is 10.1 Å². The molecule has 2 aromatic carbocycles. The van der Waals surface area contributed by atoms with Crippen LogP contribution in [0.1, 0.15) is 27.8 Å². The summed E-state index contributed by atoms with van der Waals surface area (Å²) in [6, 6.07) is 10.6. The molecular weight excluding hydrogens is 284 g/mol. The summed E-state index contributed by atoms with van der Waals surface area (Å²) in [7, 11) is -3.71. The van der Waals surface area contributed by atoms with Gasteiger partial charge in [-0.1, -0.05) is 29.8 Å². The summed E-state index contributed by atoms with van der Waals surface area (Å²) < 4.78 is 29.4. The monoisotopic (exact) mass is 304 g/mol. The molecule has 0 unspecified atom stereocenters. The van der Waals surface area contributed by atoms with Crippen LogP contribution >= 0.6 is 0 Å². The summed E-state index contributed by atoms with van der Waals surface area (Å²) in [4.78, 5) is 0.189. The van der Waals surface area contributed by atoms with Crippen LogP contribution < -0.4 is 0 Å². The molecule has 0 bridgehead atoms. The number of hydrogen-bond donors (Lipinski definition) is 0. The van der Waals surface area contributed by atoms with Crippen LogP contribution in [-0.4, -0.2) is 8.42 Å². The average molecular weight is 304 g/mol. The minimum Gasteiger partial charge on any atom is -0.262 e. The molecule has 2 aromatic rings. The van der Waals surface area contributed by atoms with Gasteiger partial charge < -0.3 is 0 Å². The second-order valence-electron chi connectivity index (χ2n) is 5.38. The van der Waals surface area contributed by atoms with Crippen molar-refractivity contribution in [2.45, 2.75) is 39.2 Å². The molecule has 0 aliphatic heterocycles. The van der Waals surface area contributed by atoms with Crippen molar-refractivity contribution in [3.05, 3.63) is 64.2 Å². The van der Waals surface area contributed by atoms with Crippen molar-refractivity contribution in [2.75, 3.05) is 0 Å². The fraction of sp³-hybridized carbons (Fsp3) is 0.294. The highest BCUT2D eigenvalue weighted by molar-refractivity contribution is 7.86. The maximum absolute atomic E-state index is 12.1. The molecule has 0 amide bonds. The van der Waals surface area contributed by atoms with Crippen LogP contribution in [0.4, 0.5) is 0 Å². The van der Waals surface area contributed by atoms with Gasteiger partial charge in [0.1, 0.15) is 0 Å². The SMILES string of the molecule is Cc1ccc(S(=O)(=O)OCc2cc(C)c(C)c(C)c2)cc1. The Bertz CT molecular complexity index is 721. The summed E-state index contributed by atoms with van der Waals surface area (Å²) in [5, 5.41) is 0. The number of hydrogen-bond acceptors (Lipinski definition) is 3. The van der Waals surface area contributed by atoms with Gasteiger partial charge in [0, 0.05) is 0 Å². The Balaban J connectivity index is 2.17. The lowest BCUT2D eigenvalue weighted by molar-refractivity contribution is 0.308. The molecule has 0 fully saturated rings. The largest absolute Gasteiger partial charge is 0.297 e. The molecule has 0 saturated carbocycles. The third-order valence-electron chi connectivity index (χ3n) is 3.68. The van der Waals surface area contributed by atoms with Gasteiger partial charge in [-0.05, 0) is 62.1 Å². The highest BCUT2D eigenvalue weighted by Gasteiger charge is 2.15. The third-order valence-corrected chi connectivity index (χ3v) is 4.95. The van der Waals surface area contributed by atoms with Crippen molar-refractivity contribution in [3.63, 3.8) is 0 Å². The first-order valence-corrected chi connectivity index (χ1v) is 8.23. The van der Waals surface area contributed by atoms with E-state index in [1.54, 1.807) is 24.3 Å². The zero-order valence-electron chi connectivity index (χ0n) is 12.8. The average Bonchev–Trinajstić information content (AvgIpc) is 2.43. The van der Waals surface area contributed by atoms with Crippen LogP contribution in [0, 0.1) is 27.7 Å². The van der Waals surface area contributed by atoms with Crippen molar-refractivity contribution in [3.8, 4) is 0 Å². The standard InChI is InChI=1S/C17H20O3S/c1-12-5-7-17(8-6-12)21(18,19)20-11-16-9-13(2)15(4)14(3)10-16/h5-10H,11H2,1-4H3. The molecule has 3 nitrogen and oxygen atoms in total. The molecule has 0 aromatic heterocycles. The normalized spacial score (nSPS) is 11.6. The highest BCUT2D eigenvalue weighted by atomic mass is 32.2. The molecule has 0 aliphatic rings. The van der Waals surface area contributed by atoms with Gasteiger partial charge in [0.2, 0.25) is 0 Å². The van der Waals surface area contributed by atoms with Gasteiger partial charge in [-0.2, -0.15) is 8.42 Å². The molecule has 2 rings (SSSR count). The van der Waals surface area contributed by atoms with E-state index in [0.29, 0.717) is 0 Å². The predicted octanol–water partition coefficient (Wildman–Crippen LogP) is 3.83. The van der Waals surface area contributed by atoms with E-state index in [0.717, 1.165) is 22.3 Å². The Morgan fingerprint density at radius 1 is 0.905 bits per heavy atom. The topological polar surface area (TPSA) is 43.4 Å². The molecule has 0 N–H and O–H groups in total. The molecule has 4 heteroatoms. The maximum atomic E-state index is 12.1. The first-order chi connectivity index (χ1) is 9.79. The minimum absolute atomic E-state index is 0.0537. The van der Waals surface area contributed by atoms with E-state index in [2.05, 4.69) is 6.92 Å². The Labute approximate surface area is 126 Å². The van der Waals surface area contributed by atoms with Gasteiger partial charge in [-0.15, -0.1) is 0 Å². The predicted molar refractivity (Wildman–Crippen MR) is 83.8 cm³/mol. The van der Waals surface area contributed by atoms with Crippen molar-refractivity contribution in [1.29, 1.82) is 0 Å². The molecule has 0 spiro atoms. The Hall–Kier alpha value is -1.65. The van der Waals surface area contributed by atoms with Crippen LogP contribution in [0.15, 0.2) is 41.3 Å². The lowest BCUT2D eigenvalue weighted by Gasteiger charge is -2.10. The van der Waals surface area contributed by atoms with E-state index in [1.807, 2.05) is 32.9 Å². The van der Waals surface area contributed by atoms with Gasteiger partial charge in [0.25, 0.3) is 10.1 Å². The van der Waals surface area contributed by atoms with Crippen LogP contribution in [-0.2, 0) is 20.9 Å². The van der Waals surface area contributed by atoms with Gasteiger partial charge >= 0.3 is 0 Å². The minimum atomic E-state index is -3.71. The molecule has 0 aliphatic carbocycles. The Morgan fingerprint density at radius 2 is 1.43 bits per heavy atom. The lowest BCUT2D eigenvalue weighted by atomic mass is 10.0. The Morgan fingerprint density at radius 3 is 1.95 bits per heavy atom. The van der Waals surface area contributed by atoms with Crippen molar-refractivity contribution in [1.82, 2.24) is 0 Å². The summed E-state index contributed by atoms with van der Waals surface area (Å²) in [6.07, 6.45) is 0. The van der Waals surface area contributed by atoms with Gasteiger partial charge in [-0.3, -0.25) is 4.18 Å². The first kappa shape index (κ1) is 15.7. The molecule has 0 saturated heterocycles. The molecule has 21 heavy (non-hydrogen) atoms. The maximum Gasteiger partial charge on any atom is 0.297 e. The second kappa shape index (κ2) is 6.00. The summed E-state index contributed by atoms with van der Waals surface area (Å²) in [5.41, 5.74) is 5.38. The summed E-state index contributed by atoms with van der Waals surface area (Å²) >= 11 is 0. The number of rotatable bonds is 4. The second-order valence-corrected chi connectivity index (χ2v) is 7.00. The lowest BCUT2D eigenvalue weighted by Crippen LogP contribution is -2.07. The van der Waals surface area contributed by atoms with Crippen molar-refractivity contribution < 1.29 is 12.6 Å². The van der Waals surface area contributed by atoms with Crippen LogP contribution in [0.2, 0.25) is 0 Å². The number of aryl methyl sites for hydroxylation is 3. The van der Waals surface area contributed by atoms with Crippen LogP contribution in [0.3, 0.4) is 0 Å². The van der Waals surface area contributed by atoms with Crippen molar-refractivity contribution in [2.24, 2.45) is 0 Å². The zero-order valence-corrected chi connectivity index (χ0v) is 13.6. The fourth-order valence-corrected chi connectivity index (χ4v) is 3.02. The summed E-state index contributed by atoms with van der Waals surface area (Å²) in [5.74, 6) is 0. The van der Waals surface area contributed by atoms with Gasteiger partial charge in [0.05, 0.1) is 11.5 Å². The van der Waals surface area contributed by atoms with E-state index >= 15 is 0 Å². The van der Waals surface area contributed by atoms with Crippen LogP contribution in [0.5, 0.6) is 0 Å². The molecule has 0 heterocycles.